The van der Waals surface area contributed by atoms with Crippen LogP contribution >= 0.6 is 11.6 Å². The van der Waals surface area contributed by atoms with Crippen molar-refractivity contribution in [1.29, 1.82) is 0 Å². The van der Waals surface area contributed by atoms with Gasteiger partial charge in [-0.05, 0) is 37.1 Å². The first-order chi connectivity index (χ1) is 9.63. The van der Waals surface area contributed by atoms with E-state index in [2.05, 4.69) is 15.5 Å². The Balaban J connectivity index is 1.86. The van der Waals surface area contributed by atoms with E-state index in [-0.39, 0.29) is 22.7 Å². The topological polar surface area (TPSA) is 54.9 Å². The number of carbonyl (C=O) groups excluding carboxylic acids is 1. The molecule has 1 aliphatic rings. The second-order valence-electron chi connectivity index (χ2n) is 4.68. The Bertz CT molecular complexity index is 656. The number of hydrogen-bond donors (Lipinski definition) is 1. The lowest BCUT2D eigenvalue weighted by atomic mass is 10.1. The van der Waals surface area contributed by atoms with Crippen LogP contribution in [-0.2, 0) is 0 Å². The van der Waals surface area contributed by atoms with Crippen LogP contribution in [0.1, 0.15) is 23.2 Å². The van der Waals surface area contributed by atoms with Gasteiger partial charge in [-0.25, -0.2) is 4.39 Å². The van der Waals surface area contributed by atoms with Gasteiger partial charge in [-0.3, -0.25) is 4.79 Å². The molecule has 0 bridgehead atoms. The quantitative estimate of drug-likeness (QED) is 0.946. The molecule has 20 heavy (non-hydrogen) atoms. The highest BCUT2D eigenvalue weighted by Gasteiger charge is 2.25. The van der Waals surface area contributed by atoms with Gasteiger partial charge in [-0.2, -0.15) is 0 Å². The van der Waals surface area contributed by atoms with E-state index in [1.807, 2.05) is 0 Å². The molecule has 0 radical (unpaired) electrons. The second-order valence-corrected chi connectivity index (χ2v) is 5.07. The van der Waals surface area contributed by atoms with E-state index in [4.69, 9.17) is 11.6 Å². The Morgan fingerprint density at radius 1 is 1.25 bits per heavy atom. The predicted molar refractivity (Wildman–Crippen MR) is 72.9 cm³/mol. The van der Waals surface area contributed by atoms with Crippen LogP contribution in [0.4, 0.5) is 4.39 Å². The minimum absolute atomic E-state index is 0.0440. The minimum Gasteiger partial charge on any atom is -0.349 e. The Morgan fingerprint density at radius 2 is 2.05 bits per heavy atom. The lowest BCUT2D eigenvalue weighted by molar-refractivity contribution is 0.0947. The van der Waals surface area contributed by atoms with Crippen LogP contribution in [0.2, 0.25) is 5.15 Å². The third-order valence-electron chi connectivity index (χ3n) is 3.05. The van der Waals surface area contributed by atoms with Crippen molar-refractivity contribution in [3.05, 3.63) is 46.9 Å². The van der Waals surface area contributed by atoms with E-state index in [1.54, 1.807) is 18.2 Å². The van der Waals surface area contributed by atoms with Crippen LogP contribution in [0.15, 0.2) is 30.3 Å². The Labute approximate surface area is 120 Å². The number of nitrogens with zero attached hydrogens (tertiary/aromatic N) is 2. The smallest absolute Gasteiger partial charge is 0.254 e. The Hall–Kier alpha value is -2.01. The van der Waals surface area contributed by atoms with Crippen molar-refractivity contribution in [2.75, 3.05) is 0 Å². The number of aromatic nitrogens is 2. The molecular formula is C14H11ClFN3O. The average molecular weight is 292 g/mol. The van der Waals surface area contributed by atoms with Gasteiger partial charge >= 0.3 is 0 Å². The molecule has 1 fully saturated rings. The lowest BCUT2D eigenvalue weighted by Crippen LogP contribution is -2.26. The monoisotopic (exact) mass is 291 g/mol. The van der Waals surface area contributed by atoms with E-state index in [1.165, 1.54) is 12.1 Å². The molecule has 102 valence electrons. The summed E-state index contributed by atoms with van der Waals surface area (Å²) in [6.07, 6.45) is 1.93. The molecule has 1 aromatic heterocycles. The molecule has 1 aliphatic carbocycles. The number of benzene rings is 1. The highest BCUT2D eigenvalue weighted by atomic mass is 35.5. The second kappa shape index (κ2) is 5.17. The summed E-state index contributed by atoms with van der Waals surface area (Å²) in [6.45, 7) is 0. The summed E-state index contributed by atoms with van der Waals surface area (Å²) in [6, 6.07) is 7.80. The van der Waals surface area contributed by atoms with Crippen molar-refractivity contribution in [3.63, 3.8) is 0 Å². The molecular weight excluding hydrogens is 281 g/mol. The molecule has 1 N–H and O–H groups in total. The first-order valence-electron chi connectivity index (χ1n) is 6.23. The summed E-state index contributed by atoms with van der Waals surface area (Å²) in [5, 5.41) is 10.6. The Kier molecular flexibility index (Phi) is 3.36. The van der Waals surface area contributed by atoms with Crippen LogP contribution in [-0.4, -0.2) is 22.1 Å². The molecule has 0 aliphatic heterocycles. The standard InChI is InChI=1S/C14H11ClFN3O/c15-13-6-5-12(18-19-13)8-1-4-10(11(16)7-8)14(20)17-9-2-3-9/h1,4-7,9H,2-3H2,(H,17,20). The fourth-order valence-corrected chi connectivity index (χ4v) is 1.92. The third kappa shape index (κ3) is 2.77. The van der Waals surface area contributed by atoms with E-state index >= 15 is 0 Å². The van der Waals surface area contributed by atoms with Gasteiger partial charge in [0.25, 0.3) is 5.91 Å². The van der Waals surface area contributed by atoms with Crippen LogP contribution in [0.25, 0.3) is 11.3 Å². The zero-order valence-corrected chi connectivity index (χ0v) is 11.2. The fourth-order valence-electron chi connectivity index (χ4n) is 1.82. The predicted octanol–water partition coefficient (Wildman–Crippen LogP) is 2.83. The molecule has 0 atom stereocenters. The number of rotatable bonds is 3. The molecule has 3 rings (SSSR count). The van der Waals surface area contributed by atoms with Gasteiger partial charge in [-0.1, -0.05) is 17.7 Å². The van der Waals surface area contributed by atoms with Gasteiger partial charge in [0.15, 0.2) is 5.15 Å². The summed E-state index contributed by atoms with van der Waals surface area (Å²) in [5.41, 5.74) is 1.10. The van der Waals surface area contributed by atoms with Crippen molar-refractivity contribution in [2.24, 2.45) is 0 Å². The number of hydrogen-bond acceptors (Lipinski definition) is 3. The van der Waals surface area contributed by atoms with Crippen molar-refractivity contribution in [1.82, 2.24) is 15.5 Å². The van der Waals surface area contributed by atoms with Gasteiger partial charge in [0.1, 0.15) is 5.82 Å². The molecule has 1 saturated carbocycles. The van der Waals surface area contributed by atoms with Gasteiger partial charge in [-0.15, -0.1) is 10.2 Å². The molecule has 1 amide bonds. The van der Waals surface area contributed by atoms with E-state index in [9.17, 15) is 9.18 Å². The maximum Gasteiger partial charge on any atom is 0.254 e. The first-order valence-corrected chi connectivity index (χ1v) is 6.61. The Morgan fingerprint density at radius 3 is 2.65 bits per heavy atom. The van der Waals surface area contributed by atoms with E-state index < -0.39 is 5.82 Å². The molecule has 0 saturated heterocycles. The zero-order valence-electron chi connectivity index (χ0n) is 10.4. The van der Waals surface area contributed by atoms with Crippen LogP contribution < -0.4 is 5.32 Å². The summed E-state index contributed by atoms with van der Waals surface area (Å²) in [7, 11) is 0. The summed E-state index contributed by atoms with van der Waals surface area (Å²) >= 11 is 5.65. The van der Waals surface area contributed by atoms with Gasteiger partial charge in [0.05, 0.1) is 11.3 Å². The molecule has 0 spiro atoms. The maximum atomic E-state index is 14.0. The highest BCUT2D eigenvalue weighted by Crippen LogP contribution is 2.22. The SMILES string of the molecule is O=C(NC1CC1)c1ccc(-c2ccc(Cl)nn2)cc1F. The molecule has 6 heteroatoms. The molecule has 1 aromatic carbocycles. The van der Waals surface area contributed by atoms with Crippen molar-refractivity contribution < 1.29 is 9.18 Å². The molecule has 4 nitrogen and oxygen atoms in total. The molecule has 2 aromatic rings. The fraction of sp³-hybridized carbons (Fsp3) is 0.214. The number of nitrogens with one attached hydrogen (secondary N) is 1. The summed E-state index contributed by atoms with van der Waals surface area (Å²) < 4.78 is 14.0. The lowest BCUT2D eigenvalue weighted by Gasteiger charge is -2.06. The number of amides is 1. The highest BCUT2D eigenvalue weighted by molar-refractivity contribution is 6.29. The van der Waals surface area contributed by atoms with Gasteiger partial charge in [0.2, 0.25) is 0 Å². The van der Waals surface area contributed by atoms with Crippen molar-refractivity contribution >= 4 is 17.5 Å². The van der Waals surface area contributed by atoms with Crippen molar-refractivity contribution in [2.45, 2.75) is 18.9 Å². The van der Waals surface area contributed by atoms with Crippen LogP contribution in [0.3, 0.4) is 0 Å². The number of halogens is 2. The van der Waals surface area contributed by atoms with Crippen LogP contribution in [0.5, 0.6) is 0 Å². The van der Waals surface area contributed by atoms with Gasteiger partial charge < -0.3 is 5.32 Å². The molecule has 0 unspecified atom stereocenters. The van der Waals surface area contributed by atoms with E-state index in [0.29, 0.717) is 11.3 Å². The number of carbonyl (C=O) groups is 1. The summed E-state index contributed by atoms with van der Waals surface area (Å²) in [5.74, 6) is -0.948. The summed E-state index contributed by atoms with van der Waals surface area (Å²) in [4.78, 5) is 11.8. The maximum absolute atomic E-state index is 14.0. The normalized spacial score (nSPS) is 14.1. The van der Waals surface area contributed by atoms with Gasteiger partial charge in [0, 0.05) is 11.6 Å². The average Bonchev–Trinajstić information content (AvgIpc) is 3.23. The van der Waals surface area contributed by atoms with E-state index in [0.717, 1.165) is 12.8 Å². The largest absolute Gasteiger partial charge is 0.349 e. The zero-order chi connectivity index (χ0) is 14.1. The minimum atomic E-state index is -0.572. The molecule has 1 heterocycles. The first kappa shape index (κ1) is 13.0. The third-order valence-corrected chi connectivity index (χ3v) is 3.26. The van der Waals surface area contributed by atoms with Crippen LogP contribution in [0, 0.1) is 5.82 Å². The van der Waals surface area contributed by atoms with Crippen molar-refractivity contribution in [3.8, 4) is 11.3 Å².